The first-order valence-electron chi connectivity index (χ1n) is 5.41. The van der Waals surface area contributed by atoms with Crippen molar-refractivity contribution in [2.24, 2.45) is 5.73 Å². The van der Waals surface area contributed by atoms with Crippen LogP contribution in [-0.4, -0.2) is 37.6 Å². The minimum absolute atomic E-state index is 0.000199. The molecule has 0 radical (unpaired) electrons. The van der Waals surface area contributed by atoms with Crippen molar-refractivity contribution >= 4 is 5.91 Å². The van der Waals surface area contributed by atoms with Gasteiger partial charge in [0.05, 0.1) is 14.2 Å². The molecule has 1 unspecified atom stereocenters. The number of ether oxygens (including phenoxy) is 2. The van der Waals surface area contributed by atoms with Crippen molar-refractivity contribution in [3.05, 3.63) is 23.8 Å². The van der Waals surface area contributed by atoms with Gasteiger partial charge < -0.3 is 20.1 Å². The number of nitrogens with two attached hydrogens (primary N) is 1. The van der Waals surface area contributed by atoms with E-state index < -0.39 is 0 Å². The summed E-state index contributed by atoms with van der Waals surface area (Å²) in [7, 11) is 3.18. The van der Waals surface area contributed by atoms with Crippen LogP contribution in [0.1, 0.15) is 5.56 Å². The second-order valence-electron chi connectivity index (χ2n) is 4.01. The molecule has 1 aliphatic rings. The van der Waals surface area contributed by atoms with Crippen LogP contribution in [0.2, 0.25) is 0 Å². The molecule has 1 aliphatic heterocycles. The highest BCUT2D eigenvalue weighted by atomic mass is 16.5. The summed E-state index contributed by atoms with van der Waals surface area (Å²) in [5.41, 5.74) is 6.53. The molecular weight excluding hydrogens is 220 g/mol. The van der Waals surface area contributed by atoms with Gasteiger partial charge in [-0.2, -0.15) is 0 Å². The van der Waals surface area contributed by atoms with Gasteiger partial charge in [-0.3, -0.25) is 4.79 Å². The predicted molar refractivity (Wildman–Crippen MR) is 62.9 cm³/mol. The first kappa shape index (κ1) is 11.7. The summed E-state index contributed by atoms with van der Waals surface area (Å²) in [6.45, 7) is 1.18. The first-order valence-corrected chi connectivity index (χ1v) is 5.41. The molecule has 0 aromatic heterocycles. The average molecular weight is 236 g/mol. The number of methoxy groups -OCH3 is 2. The lowest BCUT2D eigenvalue weighted by Crippen LogP contribution is -2.60. The number of β-lactam (4-membered cyclic amide) rings is 1. The summed E-state index contributed by atoms with van der Waals surface area (Å²) in [5, 5.41) is 0. The van der Waals surface area contributed by atoms with E-state index in [0.29, 0.717) is 24.6 Å². The molecule has 0 bridgehead atoms. The summed E-state index contributed by atoms with van der Waals surface area (Å²) in [5.74, 6) is 1.35. The van der Waals surface area contributed by atoms with E-state index in [-0.39, 0.29) is 11.9 Å². The maximum atomic E-state index is 11.4. The van der Waals surface area contributed by atoms with Gasteiger partial charge in [0, 0.05) is 13.1 Å². The van der Waals surface area contributed by atoms with Crippen LogP contribution in [0.4, 0.5) is 0 Å². The van der Waals surface area contributed by atoms with Crippen LogP contribution in [-0.2, 0) is 11.3 Å². The van der Waals surface area contributed by atoms with Gasteiger partial charge in [-0.1, -0.05) is 6.07 Å². The smallest absolute Gasteiger partial charge is 0.241 e. The van der Waals surface area contributed by atoms with Gasteiger partial charge in [0.2, 0.25) is 5.91 Å². The Labute approximate surface area is 100 Å². The van der Waals surface area contributed by atoms with Crippen molar-refractivity contribution < 1.29 is 14.3 Å². The summed E-state index contributed by atoms with van der Waals surface area (Å²) in [4.78, 5) is 13.1. The highest BCUT2D eigenvalue weighted by Gasteiger charge is 2.33. The van der Waals surface area contributed by atoms with Crippen molar-refractivity contribution in [2.45, 2.75) is 12.6 Å². The topological polar surface area (TPSA) is 64.8 Å². The van der Waals surface area contributed by atoms with E-state index in [9.17, 15) is 4.79 Å². The fourth-order valence-electron chi connectivity index (χ4n) is 1.87. The van der Waals surface area contributed by atoms with Crippen LogP contribution in [0.5, 0.6) is 11.5 Å². The van der Waals surface area contributed by atoms with E-state index in [2.05, 4.69) is 0 Å². The number of amides is 1. The van der Waals surface area contributed by atoms with Crippen LogP contribution in [0.15, 0.2) is 18.2 Å². The number of benzene rings is 1. The van der Waals surface area contributed by atoms with Crippen LogP contribution < -0.4 is 15.2 Å². The van der Waals surface area contributed by atoms with Gasteiger partial charge in [-0.15, -0.1) is 0 Å². The number of likely N-dealkylation sites (tertiary alicyclic amines) is 1. The number of nitrogens with zero attached hydrogens (tertiary/aromatic N) is 1. The van der Waals surface area contributed by atoms with Gasteiger partial charge in [0.25, 0.3) is 0 Å². The third-order valence-electron chi connectivity index (χ3n) is 2.87. The standard InChI is InChI=1S/C12H16N2O3/c1-16-10-4-3-8(5-11(10)17-2)6-14-7-9(13)12(14)15/h3-5,9H,6-7,13H2,1-2H3. The fourth-order valence-corrected chi connectivity index (χ4v) is 1.87. The fraction of sp³-hybridized carbons (Fsp3) is 0.417. The van der Waals surface area contributed by atoms with Crippen LogP contribution in [0, 0.1) is 0 Å². The Morgan fingerprint density at radius 1 is 1.35 bits per heavy atom. The number of carbonyl (C=O) groups is 1. The average Bonchev–Trinajstić information content (AvgIpc) is 2.37. The first-order chi connectivity index (χ1) is 8.15. The van der Waals surface area contributed by atoms with Crippen molar-refractivity contribution in [3.8, 4) is 11.5 Å². The molecule has 5 heteroatoms. The molecule has 2 N–H and O–H groups in total. The highest BCUT2D eigenvalue weighted by molar-refractivity contribution is 5.87. The normalized spacial score (nSPS) is 18.9. The monoisotopic (exact) mass is 236 g/mol. The molecule has 1 aromatic rings. The van der Waals surface area contributed by atoms with Crippen molar-refractivity contribution in [3.63, 3.8) is 0 Å². The maximum absolute atomic E-state index is 11.4. The van der Waals surface area contributed by atoms with E-state index in [1.54, 1.807) is 19.1 Å². The SMILES string of the molecule is COc1ccc(CN2CC(N)C2=O)cc1OC. The molecule has 1 fully saturated rings. The predicted octanol–water partition coefficient (Wildman–Crippen LogP) is 0.373. The molecule has 17 heavy (non-hydrogen) atoms. The van der Waals surface area contributed by atoms with Gasteiger partial charge in [-0.05, 0) is 17.7 Å². The van der Waals surface area contributed by atoms with E-state index in [4.69, 9.17) is 15.2 Å². The Bertz CT molecular complexity index is 434. The van der Waals surface area contributed by atoms with Crippen LogP contribution in [0.25, 0.3) is 0 Å². The molecule has 0 aliphatic carbocycles. The molecule has 1 atom stereocenters. The van der Waals surface area contributed by atoms with Crippen LogP contribution in [0.3, 0.4) is 0 Å². The molecular formula is C12H16N2O3. The summed E-state index contributed by atoms with van der Waals surface area (Å²) < 4.78 is 10.4. The zero-order valence-electron chi connectivity index (χ0n) is 9.97. The molecule has 0 spiro atoms. The maximum Gasteiger partial charge on any atom is 0.241 e. The molecule has 1 heterocycles. The molecule has 1 saturated heterocycles. The van der Waals surface area contributed by atoms with Gasteiger partial charge in [0.15, 0.2) is 11.5 Å². The quantitative estimate of drug-likeness (QED) is 0.767. The van der Waals surface area contributed by atoms with E-state index >= 15 is 0 Å². The van der Waals surface area contributed by atoms with Crippen LogP contribution >= 0.6 is 0 Å². The lowest BCUT2D eigenvalue weighted by atomic mass is 10.1. The molecule has 1 amide bonds. The van der Waals surface area contributed by atoms with Gasteiger partial charge >= 0.3 is 0 Å². The molecule has 0 saturated carbocycles. The molecule has 5 nitrogen and oxygen atoms in total. The summed E-state index contributed by atoms with van der Waals surface area (Å²) in [6.07, 6.45) is 0. The number of carbonyl (C=O) groups excluding carboxylic acids is 1. The van der Waals surface area contributed by atoms with Gasteiger partial charge in [-0.25, -0.2) is 0 Å². The van der Waals surface area contributed by atoms with Crippen molar-refractivity contribution in [1.82, 2.24) is 4.90 Å². The Morgan fingerprint density at radius 2 is 2.06 bits per heavy atom. The Balaban J connectivity index is 2.09. The minimum Gasteiger partial charge on any atom is -0.493 e. The summed E-state index contributed by atoms with van der Waals surface area (Å²) in [6, 6.07) is 5.29. The molecule has 92 valence electrons. The second kappa shape index (κ2) is 4.63. The second-order valence-corrected chi connectivity index (χ2v) is 4.01. The Kier molecular flexibility index (Phi) is 3.19. The molecule has 1 aromatic carbocycles. The number of hydrogen-bond acceptors (Lipinski definition) is 4. The lowest BCUT2D eigenvalue weighted by molar-refractivity contribution is -0.143. The lowest BCUT2D eigenvalue weighted by Gasteiger charge is -2.36. The minimum atomic E-state index is -0.324. The summed E-state index contributed by atoms with van der Waals surface area (Å²) >= 11 is 0. The largest absolute Gasteiger partial charge is 0.493 e. The van der Waals surface area contributed by atoms with E-state index in [1.807, 2.05) is 18.2 Å². The third kappa shape index (κ3) is 2.19. The Hall–Kier alpha value is -1.75. The third-order valence-corrected chi connectivity index (χ3v) is 2.87. The van der Waals surface area contributed by atoms with Gasteiger partial charge in [0.1, 0.15) is 6.04 Å². The molecule has 2 rings (SSSR count). The van der Waals surface area contributed by atoms with E-state index in [1.165, 1.54) is 0 Å². The zero-order chi connectivity index (χ0) is 12.4. The Morgan fingerprint density at radius 3 is 2.59 bits per heavy atom. The van der Waals surface area contributed by atoms with Crippen molar-refractivity contribution in [2.75, 3.05) is 20.8 Å². The zero-order valence-corrected chi connectivity index (χ0v) is 9.97. The number of rotatable bonds is 4. The van der Waals surface area contributed by atoms with Crippen molar-refractivity contribution in [1.29, 1.82) is 0 Å². The number of hydrogen-bond donors (Lipinski definition) is 1. The highest BCUT2D eigenvalue weighted by Crippen LogP contribution is 2.28. The van der Waals surface area contributed by atoms with E-state index in [0.717, 1.165) is 5.56 Å².